The first-order chi connectivity index (χ1) is 19.0. The van der Waals surface area contributed by atoms with Crippen LogP contribution in [0.3, 0.4) is 0 Å². The maximum Gasteiger partial charge on any atom is 0.274 e. The van der Waals surface area contributed by atoms with E-state index in [1.807, 2.05) is 27.7 Å². The van der Waals surface area contributed by atoms with E-state index < -0.39 is 0 Å². The number of thioether (sulfide) groups is 2. The Morgan fingerprint density at radius 3 is 1.36 bits per heavy atom. The topological polar surface area (TPSA) is 128 Å². The quantitative estimate of drug-likeness (QED) is 0.186. The Bertz CT molecular complexity index is 1280. The Hall–Kier alpha value is -3.78. The molecule has 4 rings (SSSR count). The minimum atomic E-state index is -0.152. The van der Waals surface area contributed by atoms with Crippen molar-refractivity contribution in [3.8, 4) is 11.9 Å². The second-order valence-electron chi connectivity index (χ2n) is 8.02. The standard InChI is InChI=1S/C25H30N10O2S2/c1-5-32(6-2)20(36)18-15-34(22-26-11-9-12-27-22)24(30-18)38-17-39-25-31-19(21(37)33(7-3)8-4)16-35(25)23-28-13-10-14-29-23/h9-16H,5-8,17H2,1-4H3. The predicted molar refractivity (Wildman–Crippen MR) is 149 cm³/mol. The number of carbonyl (C=O) groups excluding carboxylic acids is 2. The van der Waals surface area contributed by atoms with Gasteiger partial charge in [0.2, 0.25) is 11.9 Å². The fraction of sp³-hybridized carbons (Fsp3) is 0.360. The van der Waals surface area contributed by atoms with Crippen LogP contribution in [-0.2, 0) is 0 Å². The third-order valence-corrected chi connectivity index (χ3v) is 7.83. The van der Waals surface area contributed by atoms with E-state index in [-0.39, 0.29) is 11.8 Å². The molecular formula is C25H30N10O2S2. The van der Waals surface area contributed by atoms with Crippen LogP contribution in [0.15, 0.2) is 59.6 Å². The van der Waals surface area contributed by atoms with Gasteiger partial charge in [-0.25, -0.2) is 29.9 Å². The number of carbonyl (C=O) groups is 2. The number of aromatic nitrogens is 8. The van der Waals surface area contributed by atoms with Crippen molar-refractivity contribution < 1.29 is 9.59 Å². The van der Waals surface area contributed by atoms with Crippen LogP contribution in [0.5, 0.6) is 0 Å². The normalized spacial score (nSPS) is 11.0. The van der Waals surface area contributed by atoms with Crippen molar-refractivity contribution in [1.82, 2.24) is 48.8 Å². The van der Waals surface area contributed by atoms with Gasteiger partial charge in [-0.3, -0.25) is 18.7 Å². The Labute approximate surface area is 235 Å². The van der Waals surface area contributed by atoms with Gasteiger partial charge >= 0.3 is 0 Å². The predicted octanol–water partition coefficient (Wildman–Crippen LogP) is 3.44. The molecule has 0 aliphatic rings. The zero-order chi connectivity index (χ0) is 27.8. The molecule has 39 heavy (non-hydrogen) atoms. The van der Waals surface area contributed by atoms with Crippen molar-refractivity contribution in [2.45, 2.75) is 38.0 Å². The Morgan fingerprint density at radius 1 is 0.667 bits per heavy atom. The van der Waals surface area contributed by atoms with E-state index in [4.69, 9.17) is 0 Å². The highest BCUT2D eigenvalue weighted by atomic mass is 32.2. The Morgan fingerprint density at radius 2 is 1.03 bits per heavy atom. The fourth-order valence-corrected chi connectivity index (χ4v) is 5.69. The van der Waals surface area contributed by atoms with Gasteiger partial charge in [-0.1, -0.05) is 23.5 Å². The number of hydrogen-bond donors (Lipinski definition) is 0. The minimum Gasteiger partial charge on any atom is -0.338 e. The zero-order valence-electron chi connectivity index (χ0n) is 22.3. The summed E-state index contributed by atoms with van der Waals surface area (Å²) in [6.45, 7) is 10.1. The van der Waals surface area contributed by atoms with Gasteiger partial charge in [0.15, 0.2) is 10.3 Å². The molecular weight excluding hydrogens is 536 g/mol. The van der Waals surface area contributed by atoms with Crippen LogP contribution >= 0.6 is 23.5 Å². The van der Waals surface area contributed by atoms with Crippen molar-refractivity contribution in [2.24, 2.45) is 0 Å². The molecule has 4 aromatic rings. The monoisotopic (exact) mass is 566 g/mol. The van der Waals surface area contributed by atoms with Crippen molar-refractivity contribution in [1.29, 1.82) is 0 Å². The van der Waals surface area contributed by atoms with Gasteiger partial charge in [0.25, 0.3) is 11.8 Å². The SMILES string of the molecule is CCN(CC)C(=O)c1cn(-c2ncccn2)c(SCSc2nc(C(=O)N(CC)CC)cn2-c2ncccn2)n1. The molecule has 0 aromatic carbocycles. The van der Waals surface area contributed by atoms with Gasteiger partial charge < -0.3 is 9.80 Å². The summed E-state index contributed by atoms with van der Waals surface area (Å²) < 4.78 is 3.42. The van der Waals surface area contributed by atoms with Crippen LogP contribution < -0.4 is 0 Å². The number of hydrogen-bond acceptors (Lipinski definition) is 10. The van der Waals surface area contributed by atoms with Gasteiger partial charge in [-0.2, -0.15) is 0 Å². The summed E-state index contributed by atoms with van der Waals surface area (Å²) >= 11 is 2.83. The molecule has 0 radical (unpaired) electrons. The lowest BCUT2D eigenvalue weighted by Gasteiger charge is -2.16. The average molecular weight is 567 g/mol. The fourth-order valence-electron chi connectivity index (χ4n) is 3.73. The molecule has 2 amide bonds. The van der Waals surface area contributed by atoms with Crippen LogP contribution in [0.4, 0.5) is 0 Å². The Balaban J connectivity index is 1.61. The van der Waals surface area contributed by atoms with Crippen LogP contribution in [0.25, 0.3) is 11.9 Å². The highest BCUT2D eigenvalue weighted by molar-refractivity contribution is 8.15. The van der Waals surface area contributed by atoms with E-state index in [0.29, 0.717) is 64.9 Å². The summed E-state index contributed by atoms with van der Waals surface area (Å²) in [7, 11) is 0. The maximum atomic E-state index is 13.0. The molecule has 0 saturated carbocycles. The van der Waals surface area contributed by atoms with Gasteiger partial charge in [-0.15, -0.1) is 0 Å². The number of nitrogens with zero attached hydrogens (tertiary/aromatic N) is 10. The first-order valence-electron chi connectivity index (χ1n) is 12.6. The molecule has 0 bridgehead atoms. The molecule has 12 nitrogen and oxygen atoms in total. The Kier molecular flexibility index (Phi) is 9.65. The number of imidazole rings is 2. The smallest absolute Gasteiger partial charge is 0.274 e. The highest BCUT2D eigenvalue weighted by Crippen LogP contribution is 2.29. The molecule has 0 aliphatic heterocycles. The molecule has 0 spiro atoms. The summed E-state index contributed by atoms with van der Waals surface area (Å²) in [6.07, 6.45) is 9.90. The molecule has 4 aromatic heterocycles. The molecule has 4 heterocycles. The second-order valence-corrected chi connectivity index (χ2v) is 10.3. The summed E-state index contributed by atoms with van der Waals surface area (Å²) in [5.41, 5.74) is 0.648. The minimum absolute atomic E-state index is 0.152. The lowest BCUT2D eigenvalue weighted by atomic mass is 10.4. The third kappa shape index (κ3) is 6.45. The molecule has 0 aliphatic carbocycles. The molecule has 204 valence electrons. The van der Waals surface area contributed by atoms with Crippen molar-refractivity contribution in [3.63, 3.8) is 0 Å². The van der Waals surface area contributed by atoms with Crippen LogP contribution in [-0.4, -0.2) is 91.9 Å². The van der Waals surface area contributed by atoms with Crippen molar-refractivity contribution >= 4 is 35.3 Å². The largest absolute Gasteiger partial charge is 0.338 e. The van der Waals surface area contributed by atoms with Crippen LogP contribution in [0.2, 0.25) is 0 Å². The molecule has 14 heteroatoms. The summed E-state index contributed by atoms with van der Waals surface area (Å²) in [6, 6.07) is 3.46. The van der Waals surface area contributed by atoms with Gasteiger partial charge in [0.05, 0.1) is 5.08 Å². The van der Waals surface area contributed by atoms with Crippen molar-refractivity contribution in [2.75, 3.05) is 31.3 Å². The maximum absolute atomic E-state index is 13.0. The molecule has 0 fully saturated rings. The van der Waals surface area contributed by atoms with Crippen LogP contribution in [0, 0.1) is 0 Å². The van der Waals surface area contributed by atoms with E-state index in [9.17, 15) is 9.59 Å². The number of amides is 2. The summed E-state index contributed by atoms with van der Waals surface area (Å²) in [5, 5.41) is 1.61. The lowest BCUT2D eigenvalue weighted by molar-refractivity contribution is 0.0759. The van der Waals surface area contributed by atoms with Crippen molar-refractivity contribution in [3.05, 3.63) is 60.7 Å². The van der Waals surface area contributed by atoms with Crippen LogP contribution in [0.1, 0.15) is 48.7 Å². The summed E-state index contributed by atoms with van der Waals surface area (Å²) in [5.74, 6) is 0.533. The van der Waals surface area contributed by atoms with E-state index >= 15 is 0 Å². The first-order valence-corrected chi connectivity index (χ1v) is 14.5. The molecule has 0 atom stereocenters. The van der Waals surface area contributed by atoms with Gasteiger partial charge in [-0.05, 0) is 39.8 Å². The summed E-state index contributed by atoms with van der Waals surface area (Å²) in [4.78, 5) is 56.0. The third-order valence-electron chi connectivity index (χ3n) is 5.80. The molecule has 0 saturated heterocycles. The van der Waals surface area contributed by atoms with E-state index in [1.165, 1.54) is 23.5 Å². The second kappa shape index (κ2) is 13.3. The average Bonchev–Trinajstić information content (AvgIpc) is 3.60. The highest BCUT2D eigenvalue weighted by Gasteiger charge is 2.23. The van der Waals surface area contributed by atoms with E-state index in [0.717, 1.165) is 0 Å². The molecule has 0 unspecified atom stereocenters. The molecule has 0 N–H and O–H groups in total. The lowest BCUT2D eigenvalue weighted by Crippen LogP contribution is -2.30. The van der Waals surface area contributed by atoms with Gasteiger partial charge in [0, 0.05) is 63.4 Å². The van der Waals surface area contributed by atoms with E-state index in [2.05, 4.69) is 29.9 Å². The zero-order valence-corrected chi connectivity index (χ0v) is 23.9. The van der Waals surface area contributed by atoms with E-state index in [1.54, 1.807) is 68.2 Å². The number of rotatable bonds is 12. The first kappa shape index (κ1) is 28.2. The van der Waals surface area contributed by atoms with Gasteiger partial charge in [0.1, 0.15) is 11.4 Å².